The van der Waals surface area contributed by atoms with E-state index in [-0.39, 0.29) is 23.7 Å². The summed E-state index contributed by atoms with van der Waals surface area (Å²) in [5.41, 5.74) is 0.970. The van der Waals surface area contributed by atoms with Gasteiger partial charge in [0.25, 0.3) is 0 Å². The molecule has 0 fully saturated rings. The number of allylic oxidation sites excluding steroid dienone is 1. The highest BCUT2D eigenvalue weighted by atomic mass is 32.2. The zero-order valence-electron chi connectivity index (χ0n) is 14.1. The van der Waals surface area contributed by atoms with Crippen LogP contribution in [0.25, 0.3) is 0 Å². The van der Waals surface area contributed by atoms with Crippen molar-refractivity contribution in [2.45, 2.75) is 42.6 Å². The first-order valence-electron chi connectivity index (χ1n) is 8.31. The highest BCUT2D eigenvalue weighted by Gasteiger charge is 2.49. The molecule has 0 aromatic heterocycles. The van der Waals surface area contributed by atoms with Gasteiger partial charge < -0.3 is 9.53 Å². The van der Waals surface area contributed by atoms with Crippen LogP contribution in [0, 0.1) is 5.92 Å². The summed E-state index contributed by atoms with van der Waals surface area (Å²) in [5.74, 6) is 0.446. The molecule has 1 aliphatic heterocycles. The number of benzene rings is 1. The van der Waals surface area contributed by atoms with E-state index in [0.717, 1.165) is 24.0 Å². The van der Waals surface area contributed by atoms with E-state index in [1.54, 1.807) is 23.5 Å². The van der Waals surface area contributed by atoms with Crippen LogP contribution in [0.3, 0.4) is 0 Å². The van der Waals surface area contributed by atoms with Crippen LogP contribution in [0.5, 0.6) is 0 Å². The average molecular weight is 365 g/mol. The molecule has 0 spiro atoms. The van der Waals surface area contributed by atoms with E-state index in [1.807, 2.05) is 43.3 Å². The van der Waals surface area contributed by atoms with Crippen molar-refractivity contribution >= 4 is 35.8 Å². The van der Waals surface area contributed by atoms with Gasteiger partial charge in [-0.15, -0.1) is 23.5 Å². The maximum absolute atomic E-state index is 13.0. The Hall–Kier alpha value is -1.20. The van der Waals surface area contributed by atoms with Crippen molar-refractivity contribution in [2.24, 2.45) is 5.92 Å². The van der Waals surface area contributed by atoms with Gasteiger partial charge in [-0.25, -0.2) is 4.79 Å². The minimum Gasteiger partial charge on any atom is -0.459 e. The Bertz CT molecular complexity index is 573. The van der Waals surface area contributed by atoms with Gasteiger partial charge in [0.05, 0.1) is 0 Å². The summed E-state index contributed by atoms with van der Waals surface area (Å²) >= 11 is 3.23. The second-order valence-electron chi connectivity index (χ2n) is 5.62. The third-order valence-electron chi connectivity index (χ3n) is 3.98. The Labute approximate surface area is 152 Å². The van der Waals surface area contributed by atoms with Crippen LogP contribution in [0.1, 0.15) is 32.3 Å². The van der Waals surface area contributed by atoms with E-state index in [1.165, 1.54) is 0 Å². The molecule has 1 heterocycles. The number of hydrogen-bond donors (Lipinski definition) is 0. The highest BCUT2D eigenvalue weighted by Crippen LogP contribution is 2.51. The minimum absolute atomic E-state index is 0.129. The van der Waals surface area contributed by atoms with Gasteiger partial charge in [-0.1, -0.05) is 56.3 Å². The quantitative estimate of drug-likeness (QED) is 0.387. The molecule has 0 amide bonds. The van der Waals surface area contributed by atoms with Crippen LogP contribution in [0.2, 0.25) is 0 Å². The molecule has 1 aromatic rings. The summed E-state index contributed by atoms with van der Waals surface area (Å²) in [6.07, 6.45) is 6.35. The molecular weight excluding hydrogens is 340 g/mol. The summed E-state index contributed by atoms with van der Waals surface area (Å²) in [6, 6.07) is 9.69. The monoisotopic (exact) mass is 364 g/mol. The number of carbonyl (C=O) groups is 2. The first-order chi connectivity index (χ1) is 11.7. The van der Waals surface area contributed by atoms with Crippen molar-refractivity contribution in [3.63, 3.8) is 0 Å². The second kappa shape index (κ2) is 9.33. The standard InChI is InChI=1S/C19H24O3S2/c1-3-17-11-10-16(12-13-20)19(24-17,23-4-2)18(21)22-14-15-8-6-5-7-9-15/h5-11,13,16-17H,3-4,12,14H2,1-2H3/t16-,17-,19-/m0/s1. The van der Waals surface area contributed by atoms with Crippen molar-refractivity contribution < 1.29 is 14.3 Å². The van der Waals surface area contributed by atoms with E-state index < -0.39 is 4.08 Å². The first-order valence-corrected chi connectivity index (χ1v) is 10.2. The maximum Gasteiger partial charge on any atom is 0.333 e. The van der Waals surface area contributed by atoms with E-state index >= 15 is 0 Å². The lowest BCUT2D eigenvalue weighted by molar-refractivity contribution is -0.146. The molecule has 0 aliphatic carbocycles. The molecule has 3 atom stereocenters. The summed E-state index contributed by atoms with van der Waals surface area (Å²) in [4.78, 5) is 24.1. The lowest BCUT2D eigenvalue weighted by atomic mass is 9.99. The van der Waals surface area contributed by atoms with E-state index in [2.05, 4.69) is 13.0 Å². The number of esters is 1. The molecule has 0 saturated carbocycles. The van der Waals surface area contributed by atoms with Crippen molar-refractivity contribution in [1.82, 2.24) is 0 Å². The molecule has 2 rings (SSSR count). The molecule has 0 N–H and O–H groups in total. The topological polar surface area (TPSA) is 43.4 Å². The molecule has 3 nitrogen and oxygen atoms in total. The normalized spacial score (nSPS) is 26.1. The summed E-state index contributed by atoms with van der Waals surface area (Å²) in [6.45, 7) is 4.41. The Morgan fingerprint density at radius 1 is 1.29 bits per heavy atom. The molecule has 130 valence electrons. The fraction of sp³-hybridized carbons (Fsp3) is 0.474. The predicted octanol–water partition coefficient (Wildman–Crippen LogP) is 4.47. The largest absolute Gasteiger partial charge is 0.459 e. The Balaban J connectivity index is 2.20. The van der Waals surface area contributed by atoms with Crippen molar-refractivity contribution in [2.75, 3.05) is 5.75 Å². The number of aldehydes is 1. The fourth-order valence-electron chi connectivity index (χ4n) is 2.73. The SMILES string of the molecule is CCS[C@]1(C(=O)OCc2ccccc2)S[C@@H](CC)C=C[C@H]1CC=O. The van der Waals surface area contributed by atoms with Crippen LogP contribution in [-0.2, 0) is 20.9 Å². The van der Waals surface area contributed by atoms with Gasteiger partial charge in [0, 0.05) is 17.6 Å². The fourth-order valence-corrected chi connectivity index (χ4v) is 6.01. The number of rotatable bonds is 8. The molecule has 5 heteroatoms. The van der Waals surface area contributed by atoms with Crippen LogP contribution in [0.4, 0.5) is 0 Å². The van der Waals surface area contributed by atoms with Crippen LogP contribution < -0.4 is 0 Å². The lowest BCUT2D eigenvalue weighted by Gasteiger charge is -2.40. The molecule has 0 radical (unpaired) electrons. The zero-order chi connectivity index (χ0) is 17.4. The van der Waals surface area contributed by atoms with E-state index in [0.29, 0.717) is 6.42 Å². The van der Waals surface area contributed by atoms with Crippen LogP contribution in [0.15, 0.2) is 42.5 Å². The highest BCUT2D eigenvalue weighted by molar-refractivity contribution is 8.19. The molecule has 24 heavy (non-hydrogen) atoms. The average Bonchev–Trinajstić information content (AvgIpc) is 2.62. The smallest absolute Gasteiger partial charge is 0.333 e. The Morgan fingerprint density at radius 2 is 2.04 bits per heavy atom. The third-order valence-corrected chi connectivity index (χ3v) is 7.42. The zero-order valence-corrected chi connectivity index (χ0v) is 15.8. The van der Waals surface area contributed by atoms with Crippen molar-refractivity contribution in [3.8, 4) is 0 Å². The van der Waals surface area contributed by atoms with Crippen LogP contribution >= 0.6 is 23.5 Å². The number of hydrogen-bond acceptors (Lipinski definition) is 5. The third kappa shape index (κ3) is 4.45. The first kappa shape index (κ1) is 19.1. The molecule has 1 aliphatic rings. The van der Waals surface area contributed by atoms with Gasteiger partial charge in [0.15, 0.2) is 4.08 Å². The lowest BCUT2D eigenvalue weighted by Crippen LogP contribution is -2.44. The van der Waals surface area contributed by atoms with Gasteiger partial charge in [0.2, 0.25) is 0 Å². The molecule has 0 saturated heterocycles. The van der Waals surface area contributed by atoms with Gasteiger partial charge in [-0.05, 0) is 17.7 Å². The number of thioether (sulfide) groups is 2. The minimum atomic E-state index is -0.736. The Morgan fingerprint density at radius 3 is 2.67 bits per heavy atom. The molecule has 0 bridgehead atoms. The Kier molecular flexibility index (Phi) is 7.43. The van der Waals surface area contributed by atoms with Crippen molar-refractivity contribution in [3.05, 3.63) is 48.0 Å². The summed E-state index contributed by atoms with van der Waals surface area (Å²) < 4.78 is 4.93. The summed E-state index contributed by atoms with van der Waals surface area (Å²) in [5, 5.41) is 0.274. The molecule has 1 aromatic carbocycles. The van der Waals surface area contributed by atoms with Gasteiger partial charge in [-0.3, -0.25) is 0 Å². The van der Waals surface area contributed by atoms with Gasteiger partial charge in [0.1, 0.15) is 12.9 Å². The number of carbonyl (C=O) groups excluding carboxylic acids is 2. The predicted molar refractivity (Wildman–Crippen MR) is 102 cm³/mol. The van der Waals surface area contributed by atoms with E-state index in [4.69, 9.17) is 4.74 Å². The second-order valence-corrected chi connectivity index (χ2v) is 8.87. The molecular formula is C19H24O3S2. The molecule has 0 unspecified atom stereocenters. The van der Waals surface area contributed by atoms with Gasteiger partial charge in [-0.2, -0.15) is 0 Å². The van der Waals surface area contributed by atoms with Crippen LogP contribution in [-0.4, -0.2) is 27.3 Å². The van der Waals surface area contributed by atoms with Crippen molar-refractivity contribution in [1.29, 1.82) is 0 Å². The van der Waals surface area contributed by atoms with Gasteiger partial charge >= 0.3 is 5.97 Å². The summed E-state index contributed by atoms with van der Waals surface area (Å²) in [7, 11) is 0. The van der Waals surface area contributed by atoms with E-state index in [9.17, 15) is 9.59 Å². The number of ether oxygens (including phenoxy) is 1. The maximum atomic E-state index is 13.0.